The molecular formula is C20H24ClN3O3. The lowest BCUT2D eigenvalue weighted by Crippen LogP contribution is -2.51. The van der Waals surface area contributed by atoms with Crippen LogP contribution in [0.15, 0.2) is 40.8 Å². The Kier molecular flexibility index (Phi) is 6.19. The first-order chi connectivity index (χ1) is 12.9. The molecule has 0 atom stereocenters. The molecule has 1 aromatic heterocycles. The Balaban J connectivity index is 1.57. The maximum Gasteiger partial charge on any atom is 0.289 e. The lowest BCUT2D eigenvalue weighted by molar-refractivity contribution is -0.123. The number of benzene rings is 1. The molecule has 1 saturated heterocycles. The number of furan rings is 1. The average Bonchev–Trinajstić information content (AvgIpc) is 3.11. The summed E-state index contributed by atoms with van der Waals surface area (Å²) < 4.78 is 5.75. The molecule has 1 N–H and O–H groups in total. The summed E-state index contributed by atoms with van der Waals surface area (Å²) in [5, 5.41) is 3.47. The van der Waals surface area contributed by atoms with E-state index in [1.54, 1.807) is 23.1 Å². The molecule has 2 aromatic rings. The summed E-state index contributed by atoms with van der Waals surface area (Å²) in [6.07, 6.45) is 0. The summed E-state index contributed by atoms with van der Waals surface area (Å²) in [5.74, 6) is 0.753. The maximum atomic E-state index is 12.7. The summed E-state index contributed by atoms with van der Waals surface area (Å²) in [4.78, 5) is 28.4. The van der Waals surface area contributed by atoms with E-state index in [1.807, 2.05) is 32.0 Å². The Morgan fingerprint density at radius 3 is 2.48 bits per heavy atom. The molecule has 1 aromatic carbocycles. The molecule has 144 valence electrons. The summed E-state index contributed by atoms with van der Waals surface area (Å²) in [6, 6.07) is 10.9. The van der Waals surface area contributed by atoms with Crippen molar-refractivity contribution in [2.75, 3.05) is 32.7 Å². The quantitative estimate of drug-likeness (QED) is 0.853. The molecule has 27 heavy (non-hydrogen) atoms. The molecule has 1 fully saturated rings. The van der Waals surface area contributed by atoms with Crippen LogP contribution in [0, 0.1) is 0 Å². The van der Waals surface area contributed by atoms with Gasteiger partial charge in [-0.15, -0.1) is 0 Å². The van der Waals surface area contributed by atoms with Gasteiger partial charge in [0.15, 0.2) is 5.76 Å². The van der Waals surface area contributed by atoms with E-state index in [-0.39, 0.29) is 17.9 Å². The number of halogens is 1. The van der Waals surface area contributed by atoms with Crippen LogP contribution in [0.25, 0.3) is 11.3 Å². The van der Waals surface area contributed by atoms with Crippen LogP contribution in [0.5, 0.6) is 0 Å². The van der Waals surface area contributed by atoms with Gasteiger partial charge in [0.1, 0.15) is 5.76 Å². The van der Waals surface area contributed by atoms with E-state index in [0.717, 1.165) is 5.56 Å². The zero-order chi connectivity index (χ0) is 19.4. The lowest BCUT2D eigenvalue weighted by atomic mass is 10.2. The number of amides is 2. The zero-order valence-electron chi connectivity index (χ0n) is 15.6. The fraction of sp³-hybridized carbons (Fsp3) is 0.400. The highest BCUT2D eigenvalue weighted by atomic mass is 35.5. The van der Waals surface area contributed by atoms with E-state index in [0.29, 0.717) is 49.3 Å². The normalized spacial score (nSPS) is 15.2. The van der Waals surface area contributed by atoms with Crippen LogP contribution in [0.2, 0.25) is 5.02 Å². The third-order valence-corrected chi connectivity index (χ3v) is 4.76. The third kappa shape index (κ3) is 4.90. The van der Waals surface area contributed by atoms with Crippen molar-refractivity contribution in [3.05, 3.63) is 47.2 Å². The topological polar surface area (TPSA) is 65.8 Å². The van der Waals surface area contributed by atoms with Crippen LogP contribution in [0.1, 0.15) is 24.4 Å². The predicted molar refractivity (Wildman–Crippen MR) is 105 cm³/mol. The van der Waals surface area contributed by atoms with Gasteiger partial charge in [-0.1, -0.05) is 23.7 Å². The van der Waals surface area contributed by atoms with E-state index in [9.17, 15) is 9.59 Å². The van der Waals surface area contributed by atoms with Crippen molar-refractivity contribution in [3.63, 3.8) is 0 Å². The zero-order valence-corrected chi connectivity index (χ0v) is 16.3. The van der Waals surface area contributed by atoms with Gasteiger partial charge in [-0.25, -0.2) is 0 Å². The van der Waals surface area contributed by atoms with Crippen molar-refractivity contribution < 1.29 is 14.0 Å². The SMILES string of the molecule is CC(C)NC(=O)CN1CCN(C(=O)c2ccc(-c3ccccc3Cl)o2)CC1. The molecule has 2 amide bonds. The monoisotopic (exact) mass is 389 g/mol. The van der Waals surface area contributed by atoms with Gasteiger partial charge in [-0.2, -0.15) is 0 Å². The number of nitrogens with zero attached hydrogens (tertiary/aromatic N) is 2. The van der Waals surface area contributed by atoms with Gasteiger partial charge in [0.25, 0.3) is 5.91 Å². The van der Waals surface area contributed by atoms with E-state index in [1.165, 1.54) is 0 Å². The molecule has 0 radical (unpaired) electrons. The molecule has 0 unspecified atom stereocenters. The Bertz CT molecular complexity index is 810. The number of carbonyl (C=O) groups is 2. The first-order valence-electron chi connectivity index (χ1n) is 9.10. The van der Waals surface area contributed by atoms with Gasteiger partial charge >= 0.3 is 0 Å². The molecule has 2 heterocycles. The van der Waals surface area contributed by atoms with E-state index in [4.69, 9.17) is 16.0 Å². The Morgan fingerprint density at radius 2 is 1.81 bits per heavy atom. The van der Waals surface area contributed by atoms with Crippen LogP contribution < -0.4 is 5.32 Å². The molecule has 6 nitrogen and oxygen atoms in total. The molecule has 0 aliphatic carbocycles. The summed E-state index contributed by atoms with van der Waals surface area (Å²) >= 11 is 6.19. The van der Waals surface area contributed by atoms with Crippen molar-refractivity contribution in [1.29, 1.82) is 0 Å². The fourth-order valence-electron chi connectivity index (χ4n) is 3.09. The highest BCUT2D eigenvalue weighted by molar-refractivity contribution is 6.33. The summed E-state index contributed by atoms with van der Waals surface area (Å²) in [5.41, 5.74) is 0.763. The standard InChI is InChI=1S/C20H24ClN3O3/c1-14(2)22-19(25)13-23-9-11-24(12-10-23)20(26)18-8-7-17(27-18)15-5-3-4-6-16(15)21/h3-8,14H,9-13H2,1-2H3,(H,22,25). The molecule has 0 saturated carbocycles. The predicted octanol–water partition coefficient (Wildman–Crippen LogP) is 2.88. The van der Waals surface area contributed by atoms with Crippen molar-refractivity contribution >= 4 is 23.4 Å². The second-order valence-electron chi connectivity index (χ2n) is 6.93. The lowest BCUT2D eigenvalue weighted by Gasteiger charge is -2.34. The highest BCUT2D eigenvalue weighted by Gasteiger charge is 2.25. The highest BCUT2D eigenvalue weighted by Crippen LogP contribution is 2.29. The second-order valence-corrected chi connectivity index (χ2v) is 7.34. The molecule has 1 aliphatic heterocycles. The smallest absolute Gasteiger partial charge is 0.289 e. The minimum atomic E-state index is -0.139. The number of carbonyl (C=O) groups excluding carboxylic acids is 2. The number of nitrogens with one attached hydrogen (secondary N) is 1. The fourth-order valence-corrected chi connectivity index (χ4v) is 3.32. The number of piperazine rings is 1. The molecule has 3 rings (SSSR count). The largest absolute Gasteiger partial charge is 0.451 e. The molecule has 0 bridgehead atoms. The summed E-state index contributed by atoms with van der Waals surface area (Å²) in [7, 11) is 0. The maximum absolute atomic E-state index is 12.7. The summed E-state index contributed by atoms with van der Waals surface area (Å²) in [6.45, 7) is 6.69. The van der Waals surface area contributed by atoms with Crippen molar-refractivity contribution in [1.82, 2.24) is 15.1 Å². The van der Waals surface area contributed by atoms with Gasteiger partial charge in [-0.3, -0.25) is 14.5 Å². The van der Waals surface area contributed by atoms with Crippen LogP contribution in [-0.4, -0.2) is 60.4 Å². The van der Waals surface area contributed by atoms with Crippen LogP contribution in [-0.2, 0) is 4.79 Å². The van der Waals surface area contributed by atoms with E-state index in [2.05, 4.69) is 10.2 Å². The minimum absolute atomic E-state index is 0.0141. The molecular weight excluding hydrogens is 366 g/mol. The third-order valence-electron chi connectivity index (χ3n) is 4.43. The van der Waals surface area contributed by atoms with Crippen LogP contribution >= 0.6 is 11.6 Å². The first-order valence-corrected chi connectivity index (χ1v) is 9.47. The molecule has 7 heteroatoms. The van der Waals surface area contributed by atoms with E-state index < -0.39 is 0 Å². The number of hydrogen-bond donors (Lipinski definition) is 1. The second kappa shape index (κ2) is 8.59. The van der Waals surface area contributed by atoms with Crippen LogP contribution in [0.3, 0.4) is 0 Å². The van der Waals surface area contributed by atoms with Crippen molar-refractivity contribution in [3.8, 4) is 11.3 Å². The molecule has 0 spiro atoms. The Morgan fingerprint density at radius 1 is 1.11 bits per heavy atom. The minimum Gasteiger partial charge on any atom is -0.451 e. The number of hydrogen-bond acceptors (Lipinski definition) is 4. The van der Waals surface area contributed by atoms with Gasteiger partial charge in [-0.05, 0) is 38.1 Å². The molecule has 1 aliphatic rings. The number of rotatable bonds is 5. The van der Waals surface area contributed by atoms with Crippen LogP contribution in [0.4, 0.5) is 0 Å². The van der Waals surface area contributed by atoms with Gasteiger partial charge in [0.05, 0.1) is 11.6 Å². The Labute approximate surface area is 164 Å². The Hall–Kier alpha value is -2.31. The van der Waals surface area contributed by atoms with Gasteiger partial charge in [0.2, 0.25) is 5.91 Å². The first kappa shape index (κ1) is 19.5. The van der Waals surface area contributed by atoms with Crippen molar-refractivity contribution in [2.45, 2.75) is 19.9 Å². The van der Waals surface area contributed by atoms with Gasteiger partial charge in [0, 0.05) is 37.8 Å². The average molecular weight is 390 g/mol. The van der Waals surface area contributed by atoms with E-state index >= 15 is 0 Å². The van der Waals surface area contributed by atoms with Crippen molar-refractivity contribution in [2.24, 2.45) is 0 Å². The van der Waals surface area contributed by atoms with Gasteiger partial charge < -0.3 is 14.6 Å².